The van der Waals surface area contributed by atoms with Gasteiger partial charge >= 0.3 is 0 Å². The first-order valence-corrected chi connectivity index (χ1v) is 6.83. The van der Waals surface area contributed by atoms with Crippen LogP contribution in [0.15, 0.2) is 46.9 Å². The van der Waals surface area contributed by atoms with Crippen LogP contribution in [0.4, 0.5) is 5.69 Å². The number of nitrogen functional groups attached to an aromatic ring is 1. The van der Waals surface area contributed by atoms with E-state index in [1.54, 1.807) is 12.1 Å². The molecule has 0 aliphatic heterocycles. The fraction of sp³-hybridized carbons (Fsp3) is 0.200. The first-order valence-electron chi connectivity index (χ1n) is 6.04. The summed E-state index contributed by atoms with van der Waals surface area (Å²) >= 11 is 3.41. The minimum Gasteiger partial charge on any atom is -0.489 e. The molecule has 0 aromatic heterocycles. The molecule has 0 aliphatic carbocycles. The van der Waals surface area contributed by atoms with Crippen LogP contribution in [0, 0.1) is 0 Å². The number of benzene rings is 2. The first-order chi connectivity index (χ1) is 9.04. The molecular weight excluding hydrogens is 306 g/mol. The number of nitrogens with two attached hydrogens (primary N) is 1. The van der Waals surface area contributed by atoms with Crippen molar-refractivity contribution in [2.24, 2.45) is 0 Å². The average molecular weight is 322 g/mol. The summed E-state index contributed by atoms with van der Waals surface area (Å²) in [6.45, 7) is 3.92. The van der Waals surface area contributed by atoms with Gasteiger partial charge in [-0.2, -0.15) is 0 Å². The van der Waals surface area contributed by atoms with E-state index in [0.717, 1.165) is 10.2 Å². The lowest BCUT2D eigenvalue weighted by atomic mass is 10.2. The zero-order chi connectivity index (χ0) is 13.8. The maximum absolute atomic E-state index is 5.87. The third-order valence-corrected chi connectivity index (χ3v) is 2.87. The van der Waals surface area contributed by atoms with E-state index >= 15 is 0 Å². The highest BCUT2D eigenvalue weighted by atomic mass is 79.9. The molecule has 2 rings (SSSR count). The number of halogens is 1. The van der Waals surface area contributed by atoms with Gasteiger partial charge in [-0.3, -0.25) is 0 Å². The molecule has 0 heterocycles. The Bertz CT molecular complexity index is 570. The molecule has 0 amide bonds. The van der Waals surface area contributed by atoms with Crippen LogP contribution < -0.4 is 15.2 Å². The number of hydrogen-bond donors (Lipinski definition) is 1. The van der Waals surface area contributed by atoms with Crippen LogP contribution in [0.2, 0.25) is 0 Å². The Labute approximate surface area is 121 Å². The molecule has 0 unspecified atom stereocenters. The Balaban J connectivity index is 2.21. The summed E-state index contributed by atoms with van der Waals surface area (Å²) in [6, 6.07) is 13.1. The van der Waals surface area contributed by atoms with Crippen LogP contribution in [0.3, 0.4) is 0 Å². The maximum atomic E-state index is 5.87. The number of anilines is 1. The molecule has 0 spiro atoms. The van der Waals surface area contributed by atoms with Crippen molar-refractivity contribution in [3.63, 3.8) is 0 Å². The SMILES string of the molecule is CC(C)Oc1cc(Oc2cccc(Br)c2)ccc1N. The second-order valence-electron chi connectivity index (χ2n) is 4.43. The van der Waals surface area contributed by atoms with Gasteiger partial charge in [-0.1, -0.05) is 22.0 Å². The Kier molecular flexibility index (Phi) is 4.32. The van der Waals surface area contributed by atoms with E-state index < -0.39 is 0 Å². The smallest absolute Gasteiger partial charge is 0.146 e. The number of hydrogen-bond acceptors (Lipinski definition) is 3. The van der Waals surface area contributed by atoms with E-state index in [1.165, 1.54) is 0 Å². The van der Waals surface area contributed by atoms with Crippen LogP contribution in [0.1, 0.15) is 13.8 Å². The van der Waals surface area contributed by atoms with Crippen molar-refractivity contribution in [1.29, 1.82) is 0 Å². The molecule has 0 saturated carbocycles. The van der Waals surface area contributed by atoms with Crippen molar-refractivity contribution >= 4 is 21.6 Å². The summed E-state index contributed by atoms with van der Waals surface area (Å²) in [4.78, 5) is 0. The van der Waals surface area contributed by atoms with Gasteiger partial charge < -0.3 is 15.2 Å². The quantitative estimate of drug-likeness (QED) is 0.836. The molecule has 0 saturated heterocycles. The Morgan fingerprint density at radius 2 is 1.79 bits per heavy atom. The van der Waals surface area contributed by atoms with Crippen LogP contribution in [0.5, 0.6) is 17.2 Å². The fourth-order valence-electron chi connectivity index (χ4n) is 1.60. The van der Waals surface area contributed by atoms with E-state index in [0.29, 0.717) is 17.2 Å². The Morgan fingerprint density at radius 1 is 1.05 bits per heavy atom. The summed E-state index contributed by atoms with van der Waals surface area (Å²) < 4.78 is 12.4. The molecule has 0 fully saturated rings. The lowest BCUT2D eigenvalue weighted by molar-refractivity contribution is 0.243. The maximum Gasteiger partial charge on any atom is 0.146 e. The summed E-state index contributed by atoms with van der Waals surface area (Å²) in [5.41, 5.74) is 6.47. The number of rotatable bonds is 4. The van der Waals surface area contributed by atoms with E-state index in [2.05, 4.69) is 15.9 Å². The zero-order valence-electron chi connectivity index (χ0n) is 10.9. The van der Waals surface area contributed by atoms with Gasteiger partial charge in [-0.25, -0.2) is 0 Å². The predicted molar refractivity (Wildman–Crippen MR) is 80.8 cm³/mol. The molecule has 0 bridgehead atoms. The van der Waals surface area contributed by atoms with Crippen LogP contribution in [0.25, 0.3) is 0 Å². The van der Waals surface area contributed by atoms with Gasteiger partial charge in [0.25, 0.3) is 0 Å². The van der Waals surface area contributed by atoms with Gasteiger partial charge in [0, 0.05) is 10.5 Å². The van der Waals surface area contributed by atoms with Gasteiger partial charge in [0.15, 0.2) is 0 Å². The zero-order valence-corrected chi connectivity index (χ0v) is 12.5. The van der Waals surface area contributed by atoms with Crippen molar-refractivity contribution in [2.45, 2.75) is 20.0 Å². The fourth-order valence-corrected chi connectivity index (χ4v) is 1.98. The minimum absolute atomic E-state index is 0.0726. The Hall–Kier alpha value is -1.68. The molecular formula is C15H16BrNO2. The molecule has 0 aliphatic rings. The van der Waals surface area contributed by atoms with Gasteiger partial charge in [0.05, 0.1) is 11.8 Å². The lowest BCUT2D eigenvalue weighted by Gasteiger charge is -2.14. The standard InChI is InChI=1S/C15H16BrNO2/c1-10(2)18-15-9-13(6-7-14(15)17)19-12-5-3-4-11(16)8-12/h3-10H,17H2,1-2H3. The summed E-state index contributed by atoms with van der Waals surface area (Å²) in [5, 5.41) is 0. The number of ether oxygens (including phenoxy) is 2. The molecule has 3 nitrogen and oxygen atoms in total. The predicted octanol–water partition coefficient (Wildman–Crippen LogP) is 4.61. The van der Waals surface area contributed by atoms with E-state index in [-0.39, 0.29) is 6.10 Å². The van der Waals surface area contributed by atoms with Gasteiger partial charge in [0.2, 0.25) is 0 Å². The normalized spacial score (nSPS) is 10.5. The molecule has 0 radical (unpaired) electrons. The highest BCUT2D eigenvalue weighted by Gasteiger charge is 2.06. The summed E-state index contributed by atoms with van der Waals surface area (Å²) in [7, 11) is 0. The van der Waals surface area contributed by atoms with Crippen molar-refractivity contribution in [1.82, 2.24) is 0 Å². The second-order valence-corrected chi connectivity index (χ2v) is 5.34. The van der Waals surface area contributed by atoms with Gasteiger partial charge in [0.1, 0.15) is 17.2 Å². The van der Waals surface area contributed by atoms with E-state index in [9.17, 15) is 0 Å². The molecule has 2 aromatic rings. The molecule has 19 heavy (non-hydrogen) atoms. The molecule has 4 heteroatoms. The summed E-state index contributed by atoms with van der Waals surface area (Å²) in [6.07, 6.45) is 0.0726. The molecule has 100 valence electrons. The van der Waals surface area contributed by atoms with E-state index in [4.69, 9.17) is 15.2 Å². The van der Waals surface area contributed by atoms with Crippen LogP contribution >= 0.6 is 15.9 Å². The highest BCUT2D eigenvalue weighted by Crippen LogP contribution is 2.31. The molecule has 2 N–H and O–H groups in total. The van der Waals surface area contributed by atoms with Crippen LogP contribution in [-0.4, -0.2) is 6.10 Å². The monoisotopic (exact) mass is 321 g/mol. The third-order valence-electron chi connectivity index (χ3n) is 2.38. The lowest BCUT2D eigenvalue weighted by Crippen LogP contribution is -2.07. The van der Waals surface area contributed by atoms with Crippen molar-refractivity contribution in [3.05, 3.63) is 46.9 Å². The van der Waals surface area contributed by atoms with Gasteiger partial charge in [-0.15, -0.1) is 0 Å². The topological polar surface area (TPSA) is 44.5 Å². The second kappa shape index (κ2) is 5.97. The highest BCUT2D eigenvalue weighted by molar-refractivity contribution is 9.10. The molecule has 2 aromatic carbocycles. The molecule has 0 atom stereocenters. The van der Waals surface area contributed by atoms with Gasteiger partial charge in [-0.05, 0) is 44.2 Å². The van der Waals surface area contributed by atoms with Crippen molar-refractivity contribution in [2.75, 3.05) is 5.73 Å². The van der Waals surface area contributed by atoms with E-state index in [1.807, 2.05) is 44.2 Å². The largest absolute Gasteiger partial charge is 0.489 e. The van der Waals surface area contributed by atoms with Crippen molar-refractivity contribution < 1.29 is 9.47 Å². The Morgan fingerprint density at radius 3 is 2.47 bits per heavy atom. The third kappa shape index (κ3) is 3.89. The minimum atomic E-state index is 0.0726. The first kappa shape index (κ1) is 13.7. The van der Waals surface area contributed by atoms with Crippen LogP contribution in [-0.2, 0) is 0 Å². The van der Waals surface area contributed by atoms with Crippen molar-refractivity contribution in [3.8, 4) is 17.2 Å². The summed E-state index contributed by atoms with van der Waals surface area (Å²) in [5.74, 6) is 2.10. The average Bonchev–Trinajstić information content (AvgIpc) is 2.33.